The Labute approximate surface area is 180 Å². The van der Waals surface area contributed by atoms with Gasteiger partial charge in [0.2, 0.25) is 11.9 Å². The molecular weight excluding hydrogens is 399 g/mol. The number of esters is 1. The molecule has 7 nitrogen and oxygen atoms in total. The lowest BCUT2D eigenvalue weighted by Crippen LogP contribution is -2.57. The van der Waals surface area contributed by atoms with E-state index >= 15 is 0 Å². The van der Waals surface area contributed by atoms with Crippen LogP contribution in [0.1, 0.15) is 18.5 Å². The number of carbonyl (C=O) groups is 2. The van der Waals surface area contributed by atoms with Gasteiger partial charge in [-0.15, -0.1) is 0 Å². The molecule has 1 N–H and O–H groups in total. The van der Waals surface area contributed by atoms with Crippen molar-refractivity contribution >= 4 is 23.5 Å². The van der Waals surface area contributed by atoms with E-state index < -0.39 is 23.8 Å². The molecule has 1 saturated heterocycles. The Morgan fingerprint density at radius 2 is 1.71 bits per heavy atom. The number of hydrogen-bond acceptors (Lipinski definition) is 6. The minimum absolute atomic E-state index is 0.193. The van der Waals surface area contributed by atoms with E-state index in [4.69, 9.17) is 9.73 Å². The Hall–Kier alpha value is -3.42. The van der Waals surface area contributed by atoms with Crippen molar-refractivity contribution in [3.8, 4) is 0 Å². The predicted octanol–water partition coefficient (Wildman–Crippen LogP) is 2.35. The van der Waals surface area contributed by atoms with Crippen LogP contribution >= 0.6 is 0 Å². The average molecular weight is 424 g/mol. The van der Waals surface area contributed by atoms with E-state index in [-0.39, 0.29) is 12.4 Å². The number of halogens is 1. The number of hydrogen-bond donors (Lipinski definition) is 1. The molecule has 0 unspecified atom stereocenters. The maximum atomic E-state index is 14.1. The number of para-hydroxylation sites is 1. The highest BCUT2D eigenvalue weighted by molar-refractivity contribution is 6.08. The van der Waals surface area contributed by atoms with Crippen LogP contribution < -0.4 is 10.2 Å². The smallest absolute Gasteiger partial charge is 0.321 e. The number of nitrogens with zero attached hydrogens (tertiary/aromatic N) is 3. The molecule has 162 valence electrons. The molecule has 0 bridgehead atoms. The minimum Gasteiger partial charge on any atom is -0.465 e. The van der Waals surface area contributed by atoms with Crippen molar-refractivity contribution in [3.05, 3.63) is 66.0 Å². The number of carbonyl (C=O) groups excluding carboxylic acids is 2. The predicted molar refractivity (Wildman–Crippen MR) is 115 cm³/mol. The number of nitrogens with one attached hydrogen (secondary N) is 1. The summed E-state index contributed by atoms with van der Waals surface area (Å²) < 4.78 is 19.3. The van der Waals surface area contributed by atoms with Crippen molar-refractivity contribution in [1.82, 2.24) is 10.2 Å². The highest BCUT2D eigenvalue weighted by Gasteiger charge is 2.42. The normalized spacial score (nSPS) is 21.4. The van der Waals surface area contributed by atoms with Gasteiger partial charge in [-0.1, -0.05) is 42.5 Å². The zero-order valence-corrected chi connectivity index (χ0v) is 17.3. The molecule has 4 rings (SSSR count). The largest absolute Gasteiger partial charge is 0.465 e. The summed E-state index contributed by atoms with van der Waals surface area (Å²) in [6.45, 7) is 4.22. The quantitative estimate of drug-likeness (QED) is 0.603. The fourth-order valence-electron chi connectivity index (χ4n) is 3.98. The van der Waals surface area contributed by atoms with Crippen molar-refractivity contribution in [1.29, 1.82) is 0 Å². The van der Waals surface area contributed by atoms with Crippen LogP contribution in [0.3, 0.4) is 0 Å². The number of piperazine rings is 1. The van der Waals surface area contributed by atoms with Crippen molar-refractivity contribution in [2.45, 2.75) is 13.0 Å². The topological polar surface area (TPSA) is 74.2 Å². The molecule has 2 aliphatic heterocycles. The molecule has 2 atom stereocenters. The number of amides is 1. The van der Waals surface area contributed by atoms with Crippen LogP contribution in [0.15, 0.2) is 59.6 Å². The number of ether oxygens (including phenoxy) is 1. The molecular formula is C23H25FN4O3. The summed E-state index contributed by atoms with van der Waals surface area (Å²) in [6.07, 6.45) is 0. The Kier molecular flexibility index (Phi) is 6.16. The first kappa shape index (κ1) is 20.8. The molecule has 0 aromatic heterocycles. The highest BCUT2D eigenvalue weighted by atomic mass is 19.1. The average Bonchev–Trinajstić information content (AvgIpc) is 2.80. The van der Waals surface area contributed by atoms with Gasteiger partial charge in [0, 0.05) is 26.2 Å². The number of anilines is 1. The first-order chi connectivity index (χ1) is 15.1. The Bertz CT molecular complexity index is 974. The van der Waals surface area contributed by atoms with Gasteiger partial charge in [-0.2, -0.15) is 0 Å². The fraction of sp³-hybridized carbons (Fsp3) is 0.348. The van der Waals surface area contributed by atoms with E-state index in [9.17, 15) is 14.0 Å². The lowest BCUT2D eigenvalue weighted by atomic mass is 9.91. The summed E-state index contributed by atoms with van der Waals surface area (Å²) in [5, 5.41) is 2.78. The SMILES string of the molecule is CCOC(=O)[C@@H]1C(=O)NC(N2CCN(c3ccccc3F)CC2)=N[C@@H]1c1ccccc1. The second-order valence-corrected chi connectivity index (χ2v) is 7.45. The van der Waals surface area contributed by atoms with Gasteiger partial charge in [0.15, 0.2) is 5.92 Å². The van der Waals surface area contributed by atoms with Crippen LogP contribution in [0.4, 0.5) is 10.1 Å². The Balaban J connectivity index is 1.55. The maximum Gasteiger partial charge on any atom is 0.321 e. The van der Waals surface area contributed by atoms with Gasteiger partial charge in [0.25, 0.3) is 0 Å². The van der Waals surface area contributed by atoms with Gasteiger partial charge in [0.05, 0.1) is 12.3 Å². The summed E-state index contributed by atoms with van der Waals surface area (Å²) in [5.41, 5.74) is 1.35. The third-order valence-corrected chi connectivity index (χ3v) is 5.55. The van der Waals surface area contributed by atoms with E-state index in [1.807, 2.05) is 46.2 Å². The van der Waals surface area contributed by atoms with E-state index in [0.29, 0.717) is 37.8 Å². The first-order valence-corrected chi connectivity index (χ1v) is 10.4. The molecule has 2 aromatic rings. The summed E-state index contributed by atoms with van der Waals surface area (Å²) in [7, 11) is 0. The molecule has 0 aliphatic carbocycles. The van der Waals surface area contributed by atoms with Crippen molar-refractivity contribution < 1.29 is 18.7 Å². The van der Waals surface area contributed by atoms with E-state index in [0.717, 1.165) is 5.56 Å². The first-order valence-electron chi connectivity index (χ1n) is 10.4. The van der Waals surface area contributed by atoms with E-state index in [1.165, 1.54) is 6.07 Å². The molecule has 1 fully saturated rings. The molecule has 2 heterocycles. The van der Waals surface area contributed by atoms with Crippen LogP contribution in [0.25, 0.3) is 0 Å². The van der Waals surface area contributed by atoms with Crippen molar-refractivity contribution in [2.24, 2.45) is 10.9 Å². The molecule has 0 saturated carbocycles. The monoisotopic (exact) mass is 424 g/mol. The van der Waals surface area contributed by atoms with Crippen molar-refractivity contribution in [2.75, 3.05) is 37.7 Å². The molecule has 1 amide bonds. The fourth-order valence-corrected chi connectivity index (χ4v) is 3.98. The zero-order chi connectivity index (χ0) is 21.8. The van der Waals surface area contributed by atoms with Crippen LogP contribution in [0, 0.1) is 11.7 Å². The molecule has 0 spiro atoms. The van der Waals surface area contributed by atoms with Gasteiger partial charge in [-0.25, -0.2) is 9.38 Å². The lowest BCUT2D eigenvalue weighted by Gasteiger charge is -2.39. The molecule has 2 aromatic carbocycles. The highest BCUT2D eigenvalue weighted by Crippen LogP contribution is 2.31. The van der Waals surface area contributed by atoms with Gasteiger partial charge in [0.1, 0.15) is 11.9 Å². The summed E-state index contributed by atoms with van der Waals surface area (Å²) in [5.74, 6) is -1.85. The molecule has 31 heavy (non-hydrogen) atoms. The van der Waals surface area contributed by atoms with Gasteiger partial charge >= 0.3 is 5.97 Å². The molecule has 0 radical (unpaired) electrons. The third-order valence-electron chi connectivity index (χ3n) is 5.55. The minimum atomic E-state index is -1.04. The summed E-state index contributed by atoms with van der Waals surface area (Å²) in [6, 6.07) is 15.3. The Morgan fingerprint density at radius 1 is 1.06 bits per heavy atom. The van der Waals surface area contributed by atoms with E-state index in [2.05, 4.69) is 5.32 Å². The molecule has 2 aliphatic rings. The third kappa shape index (κ3) is 4.38. The zero-order valence-electron chi connectivity index (χ0n) is 17.3. The van der Waals surface area contributed by atoms with Gasteiger partial charge < -0.3 is 14.5 Å². The number of aliphatic imine (C=N–C) groups is 1. The summed E-state index contributed by atoms with van der Waals surface area (Å²) in [4.78, 5) is 34.1. The van der Waals surface area contributed by atoms with Crippen LogP contribution in [0.5, 0.6) is 0 Å². The Morgan fingerprint density at radius 3 is 2.39 bits per heavy atom. The van der Waals surface area contributed by atoms with Crippen molar-refractivity contribution in [3.63, 3.8) is 0 Å². The van der Waals surface area contributed by atoms with Crippen LogP contribution in [0.2, 0.25) is 0 Å². The van der Waals surface area contributed by atoms with E-state index in [1.54, 1.807) is 19.1 Å². The maximum absolute atomic E-state index is 14.1. The van der Waals surface area contributed by atoms with Crippen LogP contribution in [-0.4, -0.2) is 55.5 Å². The number of benzene rings is 2. The second-order valence-electron chi connectivity index (χ2n) is 7.45. The van der Waals surface area contributed by atoms with Gasteiger partial charge in [-0.05, 0) is 24.6 Å². The number of rotatable bonds is 4. The summed E-state index contributed by atoms with van der Waals surface area (Å²) >= 11 is 0. The lowest BCUT2D eigenvalue weighted by molar-refractivity contribution is -0.153. The molecule has 8 heteroatoms. The van der Waals surface area contributed by atoms with Gasteiger partial charge in [-0.3, -0.25) is 14.9 Å². The number of guanidine groups is 1. The second kappa shape index (κ2) is 9.16. The standard InChI is InChI=1S/C23H25FN4O3/c1-2-31-22(30)19-20(16-8-4-3-5-9-16)25-23(26-21(19)29)28-14-12-27(13-15-28)18-11-7-6-10-17(18)24/h3-11,19-20H,2,12-15H2,1H3,(H,25,26,29)/t19-,20+/m0/s1. The van der Waals surface area contributed by atoms with Crippen LogP contribution in [-0.2, 0) is 14.3 Å².